The van der Waals surface area contributed by atoms with Gasteiger partial charge < -0.3 is 16.0 Å². The fraction of sp³-hybridized carbons (Fsp3) is 0.133. The van der Waals surface area contributed by atoms with Gasteiger partial charge in [-0.15, -0.1) is 0 Å². The number of benzene rings is 2. The summed E-state index contributed by atoms with van der Waals surface area (Å²) in [4.78, 5) is 13.9. The zero-order valence-electron chi connectivity index (χ0n) is 11.7. The minimum Gasteiger partial charge on any atom is -0.396 e. The summed E-state index contributed by atoms with van der Waals surface area (Å²) in [6.07, 6.45) is 0. The summed E-state index contributed by atoms with van der Waals surface area (Å²) >= 11 is 0. The highest BCUT2D eigenvalue weighted by molar-refractivity contribution is 6.06. The van der Waals surface area contributed by atoms with E-state index in [-0.39, 0.29) is 5.69 Å². The van der Waals surface area contributed by atoms with Crippen LogP contribution in [0.25, 0.3) is 0 Å². The lowest BCUT2D eigenvalue weighted by atomic mass is 10.1. The summed E-state index contributed by atoms with van der Waals surface area (Å²) in [6, 6.07) is 8.98. The number of anilines is 3. The lowest BCUT2D eigenvalue weighted by Gasteiger charge is -2.18. The van der Waals surface area contributed by atoms with Gasteiger partial charge >= 0.3 is 0 Å². The molecule has 4 nitrogen and oxygen atoms in total. The van der Waals surface area contributed by atoms with Crippen LogP contribution in [0.3, 0.4) is 0 Å². The van der Waals surface area contributed by atoms with Crippen molar-refractivity contribution in [3.63, 3.8) is 0 Å². The standard InChI is InChI=1S/C15H15F2N3O/c1-20(2)12-6-4-3-5-11(12)19-15(21)13-9(16)7-8-10(18)14(13)17/h3-8H,18H2,1-2H3,(H,19,21). The second kappa shape index (κ2) is 5.78. The monoisotopic (exact) mass is 291 g/mol. The lowest BCUT2D eigenvalue weighted by molar-refractivity contribution is 0.101. The van der Waals surface area contributed by atoms with Gasteiger partial charge in [0.25, 0.3) is 5.91 Å². The van der Waals surface area contributed by atoms with Crippen LogP contribution in [-0.2, 0) is 0 Å². The highest BCUT2D eigenvalue weighted by Gasteiger charge is 2.20. The van der Waals surface area contributed by atoms with Crippen molar-refractivity contribution in [2.75, 3.05) is 30.0 Å². The average Bonchev–Trinajstić information content (AvgIpc) is 2.43. The van der Waals surface area contributed by atoms with Crippen LogP contribution in [0.1, 0.15) is 10.4 Å². The van der Waals surface area contributed by atoms with Gasteiger partial charge in [0.15, 0.2) is 5.82 Å². The number of carbonyl (C=O) groups is 1. The summed E-state index contributed by atoms with van der Waals surface area (Å²) in [6.45, 7) is 0. The van der Waals surface area contributed by atoms with Crippen LogP contribution in [0.2, 0.25) is 0 Å². The predicted molar refractivity (Wildman–Crippen MR) is 79.5 cm³/mol. The highest BCUT2D eigenvalue weighted by atomic mass is 19.1. The number of nitrogens with zero attached hydrogens (tertiary/aromatic N) is 1. The number of rotatable bonds is 3. The van der Waals surface area contributed by atoms with E-state index < -0.39 is 23.1 Å². The van der Waals surface area contributed by atoms with Crippen LogP contribution in [0.5, 0.6) is 0 Å². The van der Waals surface area contributed by atoms with E-state index in [1.54, 1.807) is 43.3 Å². The van der Waals surface area contributed by atoms with E-state index in [0.29, 0.717) is 5.69 Å². The third kappa shape index (κ3) is 2.94. The molecule has 0 saturated heterocycles. The molecule has 21 heavy (non-hydrogen) atoms. The molecule has 3 N–H and O–H groups in total. The van der Waals surface area contributed by atoms with Gasteiger partial charge in [0.1, 0.15) is 11.4 Å². The van der Waals surface area contributed by atoms with E-state index in [1.165, 1.54) is 0 Å². The first-order valence-corrected chi connectivity index (χ1v) is 6.23. The average molecular weight is 291 g/mol. The number of nitrogen functional groups attached to an aromatic ring is 1. The van der Waals surface area contributed by atoms with Crippen LogP contribution in [-0.4, -0.2) is 20.0 Å². The molecule has 110 valence electrons. The molecule has 6 heteroatoms. The van der Waals surface area contributed by atoms with Crippen molar-refractivity contribution in [3.8, 4) is 0 Å². The molecule has 0 spiro atoms. The van der Waals surface area contributed by atoms with Gasteiger partial charge in [-0.3, -0.25) is 4.79 Å². The quantitative estimate of drug-likeness (QED) is 0.855. The fourth-order valence-corrected chi connectivity index (χ4v) is 1.93. The number of nitrogens with one attached hydrogen (secondary N) is 1. The lowest BCUT2D eigenvalue weighted by Crippen LogP contribution is -2.19. The third-order valence-corrected chi connectivity index (χ3v) is 2.98. The maximum atomic E-state index is 13.8. The Kier molecular flexibility index (Phi) is 4.07. The van der Waals surface area contributed by atoms with E-state index in [4.69, 9.17) is 5.73 Å². The van der Waals surface area contributed by atoms with Crippen molar-refractivity contribution in [2.24, 2.45) is 0 Å². The first kappa shape index (κ1) is 14.8. The molecule has 1 amide bonds. The maximum absolute atomic E-state index is 13.8. The topological polar surface area (TPSA) is 58.4 Å². The fourth-order valence-electron chi connectivity index (χ4n) is 1.93. The van der Waals surface area contributed by atoms with Crippen LogP contribution >= 0.6 is 0 Å². The minimum atomic E-state index is -1.06. The molecule has 0 heterocycles. The molecule has 0 aromatic heterocycles. The molecule has 0 unspecified atom stereocenters. The molecule has 2 rings (SSSR count). The van der Waals surface area contributed by atoms with Gasteiger partial charge in [0.05, 0.1) is 17.1 Å². The largest absolute Gasteiger partial charge is 0.396 e. The van der Waals surface area contributed by atoms with E-state index in [0.717, 1.165) is 17.8 Å². The molecule has 2 aromatic rings. The second-order valence-corrected chi connectivity index (χ2v) is 4.69. The number of amides is 1. The molecule has 0 aliphatic rings. The Morgan fingerprint density at radius 2 is 1.81 bits per heavy atom. The smallest absolute Gasteiger partial charge is 0.261 e. The van der Waals surface area contributed by atoms with E-state index in [2.05, 4.69) is 5.32 Å². The molecule has 0 bridgehead atoms. The summed E-state index contributed by atoms with van der Waals surface area (Å²) in [5, 5.41) is 2.50. The number of nitrogens with two attached hydrogens (primary N) is 1. The van der Waals surface area contributed by atoms with Crippen molar-refractivity contribution in [2.45, 2.75) is 0 Å². The molecule has 0 fully saturated rings. The van der Waals surface area contributed by atoms with E-state index in [1.807, 2.05) is 0 Å². The Morgan fingerprint density at radius 1 is 1.14 bits per heavy atom. The van der Waals surface area contributed by atoms with Crippen molar-refractivity contribution in [1.82, 2.24) is 0 Å². The Labute approximate surface area is 121 Å². The highest BCUT2D eigenvalue weighted by Crippen LogP contribution is 2.25. The molecule has 2 aromatic carbocycles. The van der Waals surface area contributed by atoms with Crippen molar-refractivity contribution in [1.29, 1.82) is 0 Å². The van der Waals surface area contributed by atoms with Crippen molar-refractivity contribution < 1.29 is 13.6 Å². The number of para-hydroxylation sites is 2. The number of carbonyl (C=O) groups excluding carboxylic acids is 1. The minimum absolute atomic E-state index is 0.276. The van der Waals surface area contributed by atoms with Gasteiger partial charge in [-0.05, 0) is 24.3 Å². The van der Waals surface area contributed by atoms with Crippen LogP contribution in [0.4, 0.5) is 25.8 Å². The van der Waals surface area contributed by atoms with Crippen LogP contribution < -0.4 is 16.0 Å². The SMILES string of the molecule is CN(C)c1ccccc1NC(=O)c1c(F)ccc(N)c1F. The molecule has 0 saturated carbocycles. The van der Waals surface area contributed by atoms with Gasteiger partial charge in [0.2, 0.25) is 0 Å². The Hall–Kier alpha value is -2.63. The van der Waals surface area contributed by atoms with Crippen LogP contribution in [0, 0.1) is 11.6 Å². The Morgan fingerprint density at radius 3 is 2.48 bits per heavy atom. The van der Waals surface area contributed by atoms with Gasteiger partial charge in [0, 0.05) is 14.1 Å². The predicted octanol–water partition coefficient (Wildman–Crippen LogP) is 2.87. The van der Waals surface area contributed by atoms with Gasteiger partial charge in [-0.1, -0.05) is 12.1 Å². The molecule has 0 aliphatic heterocycles. The summed E-state index contributed by atoms with van der Waals surface area (Å²) < 4.78 is 27.5. The third-order valence-electron chi connectivity index (χ3n) is 2.98. The zero-order chi connectivity index (χ0) is 15.6. The molecule has 0 aliphatic carbocycles. The maximum Gasteiger partial charge on any atom is 0.261 e. The normalized spacial score (nSPS) is 10.3. The number of hydrogen-bond donors (Lipinski definition) is 2. The Bertz CT molecular complexity index is 687. The number of hydrogen-bond acceptors (Lipinski definition) is 3. The van der Waals surface area contributed by atoms with Gasteiger partial charge in [-0.25, -0.2) is 8.78 Å². The number of halogens is 2. The van der Waals surface area contributed by atoms with Crippen molar-refractivity contribution in [3.05, 3.63) is 53.6 Å². The molecule has 0 atom stereocenters. The molecule has 0 radical (unpaired) electrons. The zero-order valence-corrected chi connectivity index (χ0v) is 11.7. The Balaban J connectivity index is 2.38. The van der Waals surface area contributed by atoms with E-state index in [9.17, 15) is 13.6 Å². The summed E-state index contributed by atoms with van der Waals surface area (Å²) in [5.74, 6) is -2.90. The molecular formula is C15H15F2N3O. The van der Waals surface area contributed by atoms with Gasteiger partial charge in [-0.2, -0.15) is 0 Å². The summed E-state index contributed by atoms with van der Waals surface area (Å²) in [7, 11) is 3.60. The van der Waals surface area contributed by atoms with E-state index >= 15 is 0 Å². The van der Waals surface area contributed by atoms with Crippen molar-refractivity contribution >= 4 is 23.0 Å². The van der Waals surface area contributed by atoms with Crippen LogP contribution in [0.15, 0.2) is 36.4 Å². The first-order valence-electron chi connectivity index (χ1n) is 6.23. The second-order valence-electron chi connectivity index (χ2n) is 4.69. The first-order chi connectivity index (χ1) is 9.91. The molecular weight excluding hydrogens is 276 g/mol. The summed E-state index contributed by atoms with van der Waals surface area (Å²) in [5.41, 5.74) is 5.57.